The number of halogens is 1. The van der Waals surface area contributed by atoms with Crippen LogP contribution in [0.1, 0.15) is 0 Å². The van der Waals surface area contributed by atoms with Crippen molar-refractivity contribution in [2.45, 2.75) is 0 Å². The summed E-state index contributed by atoms with van der Waals surface area (Å²) < 4.78 is 1.87. The van der Waals surface area contributed by atoms with Gasteiger partial charge in [0.15, 0.2) is 0 Å². The Morgan fingerprint density at radius 2 is 1.81 bits per heavy atom. The van der Waals surface area contributed by atoms with Crippen LogP contribution in [0.15, 0.2) is 54.7 Å². The zero-order chi connectivity index (χ0) is 11.0. The van der Waals surface area contributed by atoms with Gasteiger partial charge in [0, 0.05) is 16.8 Å². The van der Waals surface area contributed by atoms with Crippen molar-refractivity contribution in [1.82, 2.24) is 9.61 Å². The molecule has 2 heterocycles. The maximum Gasteiger partial charge on any atom is 0.0933 e. The van der Waals surface area contributed by atoms with Crippen LogP contribution in [0.2, 0.25) is 5.02 Å². The second-order valence-electron chi connectivity index (χ2n) is 3.61. The third-order valence-corrected chi connectivity index (χ3v) is 2.76. The average Bonchev–Trinajstić information content (AvgIpc) is 2.73. The lowest BCUT2D eigenvalue weighted by Gasteiger charge is -1.95. The second-order valence-corrected chi connectivity index (χ2v) is 4.04. The molecule has 0 fully saturated rings. The number of pyridine rings is 1. The van der Waals surface area contributed by atoms with Gasteiger partial charge < -0.3 is 0 Å². The van der Waals surface area contributed by atoms with Gasteiger partial charge in [-0.2, -0.15) is 5.10 Å². The van der Waals surface area contributed by atoms with Crippen LogP contribution in [0.5, 0.6) is 0 Å². The standard InChI is InChI=1S/C13H9ClN2/c14-11-6-4-10(5-7-11)13-9-12-3-1-2-8-16(12)15-13/h1-9H. The minimum atomic E-state index is 0.743. The lowest BCUT2D eigenvalue weighted by atomic mass is 10.1. The van der Waals surface area contributed by atoms with Gasteiger partial charge in [-0.25, -0.2) is 4.52 Å². The Hall–Kier alpha value is -1.80. The summed E-state index contributed by atoms with van der Waals surface area (Å²) in [4.78, 5) is 0. The first-order chi connectivity index (χ1) is 7.83. The van der Waals surface area contributed by atoms with E-state index in [1.165, 1.54) is 0 Å². The predicted octanol–water partition coefficient (Wildman–Crippen LogP) is 3.65. The normalized spacial score (nSPS) is 10.8. The third-order valence-electron chi connectivity index (χ3n) is 2.51. The summed E-state index contributed by atoms with van der Waals surface area (Å²) in [6.07, 6.45) is 1.94. The molecule has 0 unspecified atom stereocenters. The number of hydrogen-bond donors (Lipinski definition) is 0. The van der Waals surface area contributed by atoms with Crippen LogP contribution >= 0.6 is 11.6 Å². The highest BCUT2D eigenvalue weighted by Crippen LogP contribution is 2.21. The quantitative estimate of drug-likeness (QED) is 0.621. The minimum absolute atomic E-state index is 0.743. The van der Waals surface area contributed by atoms with E-state index >= 15 is 0 Å². The van der Waals surface area contributed by atoms with Gasteiger partial charge in [-0.15, -0.1) is 0 Å². The van der Waals surface area contributed by atoms with Crippen LogP contribution in [0, 0.1) is 0 Å². The Morgan fingerprint density at radius 3 is 2.56 bits per heavy atom. The molecular weight excluding hydrogens is 220 g/mol. The van der Waals surface area contributed by atoms with Gasteiger partial charge in [-0.05, 0) is 30.3 Å². The van der Waals surface area contributed by atoms with E-state index < -0.39 is 0 Å². The number of nitrogens with zero attached hydrogens (tertiary/aromatic N) is 2. The van der Waals surface area contributed by atoms with E-state index in [9.17, 15) is 0 Å². The fourth-order valence-electron chi connectivity index (χ4n) is 1.70. The van der Waals surface area contributed by atoms with E-state index in [0.717, 1.165) is 21.8 Å². The molecule has 0 saturated heterocycles. The first kappa shape index (κ1) is 9.43. The van der Waals surface area contributed by atoms with E-state index in [1.807, 2.05) is 53.2 Å². The Balaban J connectivity index is 2.15. The van der Waals surface area contributed by atoms with Crippen LogP contribution in [-0.2, 0) is 0 Å². The summed E-state index contributed by atoms with van der Waals surface area (Å²) in [5, 5.41) is 5.23. The summed E-state index contributed by atoms with van der Waals surface area (Å²) in [6.45, 7) is 0. The topological polar surface area (TPSA) is 17.3 Å². The molecule has 0 spiro atoms. The molecule has 0 amide bonds. The smallest absolute Gasteiger partial charge is 0.0933 e. The number of fused-ring (bicyclic) bond motifs is 1. The molecule has 0 radical (unpaired) electrons. The highest BCUT2D eigenvalue weighted by atomic mass is 35.5. The van der Waals surface area contributed by atoms with Crippen LogP contribution < -0.4 is 0 Å². The second kappa shape index (κ2) is 3.65. The minimum Gasteiger partial charge on any atom is -0.240 e. The molecule has 1 aromatic carbocycles. The predicted molar refractivity (Wildman–Crippen MR) is 65.6 cm³/mol. The first-order valence-corrected chi connectivity index (χ1v) is 5.41. The van der Waals surface area contributed by atoms with E-state index in [0.29, 0.717) is 0 Å². The highest BCUT2D eigenvalue weighted by Gasteiger charge is 2.03. The maximum absolute atomic E-state index is 5.85. The van der Waals surface area contributed by atoms with E-state index in [4.69, 9.17) is 11.6 Å². The van der Waals surface area contributed by atoms with Crippen molar-refractivity contribution in [3.05, 3.63) is 59.8 Å². The van der Waals surface area contributed by atoms with Crippen LogP contribution in [0.25, 0.3) is 16.8 Å². The molecule has 3 heteroatoms. The fourth-order valence-corrected chi connectivity index (χ4v) is 1.83. The molecule has 0 atom stereocenters. The lowest BCUT2D eigenvalue weighted by Crippen LogP contribution is -1.84. The van der Waals surface area contributed by atoms with E-state index in [-0.39, 0.29) is 0 Å². The van der Waals surface area contributed by atoms with Crippen molar-refractivity contribution in [3.8, 4) is 11.3 Å². The molecule has 0 aliphatic rings. The number of benzene rings is 1. The summed E-state index contributed by atoms with van der Waals surface area (Å²) >= 11 is 5.85. The van der Waals surface area contributed by atoms with Crippen LogP contribution in [0.4, 0.5) is 0 Å². The van der Waals surface area contributed by atoms with Crippen molar-refractivity contribution in [2.24, 2.45) is 0 Å². The maximum atomic E-state index is 5.85. The molecule has 3 rings (SSSR count). The van der Waals surface area contributed by atoms with Gasteiger partial charge in [-0.1, -0.05) is 29.8 Å². The largest absolute Gasteiger partial charge is 0.240 e. The summed E-state index contributed by atoms with van der Waals surface area (Å²) in [5.41, 5.74) is 3.13. The zero-order valence-corrected chi connectivity index (χ0v) is 9.22. The van der Waals surface area contributed by atoms with Crippen LogP contribution in [-0.4, -0.2) is 9.61 Å². The molecular formula is C13H9ClN2. The van der Waals surface area contributed by atoms with Gasteiger partial charge in [0.25, 0.3) is 0 Å². The van der Waals surface area contributed by atoms with Gasteiger partial charge in [0.05, 0.1) is 11.2 Å². The average molecular weight is 229 g/mol. The molecule has 2 nitrogen and oxygen atoms in total. The molecule has 0 bridgehead atoms. The number of aromatic nitrogens is 2. The molecule has 0 N–H and O–H groups in total. The fraction of sp³-hybridized carbons (Fsp3) is 0. The molecule has 0 saturated carbocycles. The van der Waals surface area contributed by atoms with Gasteiger partial charge >= 0.3 is 0 Å². The van der Waals surface area contributed by atoms with Crippen molar-refractivity contribution >= 4 is 17.1 Å². The molecule has 16 heavy (non-hydrogen) atoms. The Kier molecular flexibility index (Phi) is 2.15. The first-order valence-electron chi connectivity index (χ1n) is 5.03. The van der Waals surface area contributed by atoms with Crippen molar-refractivity contribution in [3.63, 3.8) is 0 Å². The highest BCUT2D eigenvalue weighted by molar-refractivity contribution is 6.30. The molecule has 0 aliphatic carbocycles. The summed E-state index contributed by atoms with van der Waals surface area (Å²) in [5.74, 6) is 0. The molecule has 78 valence electrons. The van der Waals surface area contributed by atoms with Crippen molar-refractivity contribution < 1.29 is 0 Å². The van der Waals surface area contributed by atoms with Crippen molar-refractivity contribution in [2.75, 3.05) is 0 Å². The third kappa shape index (κ3) is 1.57. The van der Waals surface area contributed by atoms with Gasteiger partial charge in [0.1, 0.15) is 0 Å². The monoisotopic (exact) mass is 228 g/mol. The SMILES string of the molecule is Clc1ccc(-c2cc3ccccn3n2)cc1. The van der Waals surface area contributed by atoms with Crippen molar-refractivity contribution in [1.29, 1.82) is 0 Å². The zero-order valence-electron chi connectivity index (χ0n) is 8.47. The van der Waals surface area contributed by atoms with E-state index in [2.05, 4.69) is 11.2 Å². The van der Waals surface area contributed by atoms with Crippen LogP contribution in [0.3, 0.4) is 0 Å². The Labute approximate surface area is 98.1 Å². The molecule has 3 aromatic rings. The molecule has 0 aliphatic heterocycles. The summed E-state index contributed by atoms with van der Waals surface area (Å²) in [6, 6.07) is 15.8. The van der Waals surface area contributed by atoms with Gasteiger partial charge in [-0.3, -0.25) is 0 Å². The number of rotatable bonds is 1. The number of hydrogen-bond acceptors (Lipinski definition) is 1. The lowest BCUT2D eigenvalue weighted by molar-refractivity contribution is 0.966. The Bertz CT molecular complexity index is 593. The van der Waals surface area contributed by atoms with Gasteiger partial charge in [0.2, 0.25) is 0 Å². The molecule has 2 aromatic heterocycles. The summed E-state index contributed by atoms with van der Waals surface area (Å²) in [7, 11) is 0. The Morgan fingerprint density at radius 1 is 1.00 bits per heavy atom. The van der Waals surface area contributed by atoms with E-state index in [1.54, 1.807) is 0 Å².